The Morgan fingerprint density at radius 3 is 1.86 bits per heavy atom. The third-order valence-electron chi connectivity index (χ3n) is 3.82. The fraction of sp³-hybridized carbons (Fsp3) is 0.250. The molecule has 3 nitrogen and oxygen atoms in total. The molecule has 0 amide bonds. The molecule has 110 valence electrons. The standard InChI is InChI=1S/C16H17F2N3/c17-12-1-3-13(4-2-12)20-7-9-21(10-8-20)14-5-6-16(19)15(18)11-14/h1-6,11H,7-10,19H2. The first-order chi connectivity index (χ1) is 10.1. The van der Waals surface area contributed by atoms with Crippen LogP contribution in [0.5, 0.6) is 0 Å². The minimum atomic E-state index is -0.381. The van der Waals surface area contributed by atoms with Crippen molar-refractivity contribution in [3.8, 4) is 0 Å². The van der Waals surface area contributed by atoms with Crippen LogP contribution in [0.15, 0.2) is 42.5 Å². The van der Waals surface area contributed by atoms with E-state index in [-0.39, 0.29) is 17.3 Å². The van der Waals surface area contributed by atoms with Crippen molar-refractivity contribution in [2.75, 3.05) is 41.7 Å². The molecule has 2 N–H and O–H groups in total. The van der Waals surface area contributed by atoms with Crippen LogP contribution in [0, 0.1) is 11.6 Å². The number of benzene rings is 2. The Hall–Kier alpha value is -2.30. The van der Waals surface area contributed by atoms with E-state index in [1.54, 1.807) is 18.2 Å². The van der Waals surface area contributed by atoms with Gasteiger partial charge in [0.15, 0.2) is 0 Å². The molecule has 0 radical (unpaired) electrons. The molecule has 1 fully saturated rings. The molecule has 3 rings (SSSR count). The number of rotatable bonds is 2. The van der Waals surface area contributed by atoms with Crippen LogP contribution in [0.3, 0.4) is 0 Å². The van der Waals surface area contributed by atoms with Gasteiger partial charge in [0.25, 0.3) is 0 Å². The van der Waals surface area contributed by atoms with Gasteiger partial charge < -0.3 is 15.5 Å². The highest BCUT2D eigenvalue weighted by Gasteiger charge is 2.18. The van der Waals surface area contributed by atoms with Crippen LogP contribution in [-0.2, 0) is 0 Å². The molecule has 0 unspecified atom stereocenters. The summed E-state index contributed by atoms with van der Waals surface area (Å²) in [4.78, 5) is 4.33. The summed E-state index contributed by atoms with van der Waals surface area (Å²) < 4.78 is 26.5. The van der Waals surface area contributed by atoms with E-state index < -0.39 is 0 Å². The number of hydrogen-bond donors (Lipinski definition) is 1. The molecule has 1 aliphatic heterocycles. The van der Waals surface area contributed by atoms with Gasteiger partial charge in [-0.2, -0.15) is 0 Å². The van der Waals surface area contributed by atoms with E-state index in [0.717, 1.165) is 37.6 Å². The van der Waals surface area contributed by atoms with Gasteiger partial charge >= 0.3 is 0 Å². The Kier molecular flexibility index (Phi) is 3.64. The summed E-state index contributed by atoms with van der Waals surface area (Å²) in [5, 5.41) is 0. The van der Waals surface area contributed by atoms with Crippen LogP contribution < -0.4 is 15.5 Å². The van der Waals surface area contributed by atoms with E-state index in [1.165, 1.54) is 18.2 Å². The molecule has 1 saturated heterocycles. The minimum absolute atomic E-state index is 0.170. The summed E-state index contributed by atoms with van der Waals surface area (Å²) in [7, 11) is 0. The summed E-state index contributed by atoms with van der Waals surface area (Å²) in [5.74, 6) is -0.608. The highest BCUT2D eigenvalue weighted by Crippen LogP contribution is 2.23. The summed E-state index contributed by atoms with van der Waals surface area (Å²) in [6, 6.07) is 11.4. The molecule has 0 saturated carbocycles. The second-order valence-corrected chi connectivity index (χ2v) is 5.16. The zero-order valence-corrected chi connectivity index (χ0v) is 11.6. The van der Waals surface area contributed by atoms with Crippen molar-refractivity contribution < 1.29 is 8.78 Å². The van der Waals surface area contributed by atoms with Gasteiger partial charge in [0, 0.05) is 37.6 Å². The fourth-order valence-electron chi connectivity index (χ4n) is 2.59. The molecule has 0 spiro atoms. The van der Waals surface area contributed by atoms with Crippen LogP contribution >= 0.6 is 0 Å². The summed E-state index contributed by atoms with van der Waals surface area (Å²) in [6.07, 6.45) is 0. The van der Waals surface area contributed by atoms with Gasteiger partial charge in [-0.1, -0.05) is 0 Å². The number of nitrogens with two attached hydrogens (primary N) is 1. The van der Waals surface area contributed by atoms with Gasteiger partial charge in [0.05, 0.1) is 5.69 Å². The molecule has 0 bridgehead atoms. The number of halogens is 2. The molecule has 1 aliphatic rings. The monoisotopic (exact) mass is 289 g/mol. The molecule has 0 aromatic heterocycles. The minimum Gasteiger partial charge on any atom is -0.396 e. The molecule has 21 heavy (non-hydrogen) atoms. The Balaban J connectivity index is 1.67. The van der Waals surface area contributed by atoms with E-state index in [0.29, 0.717) is 0 Å². The highest BCUT2D eigenvalue weighted by molar-refractivity contribution is 5.56. The molecule has 1 heterocycles. The highest BCUT2D eigenvalue weighted by atomic mass is 19.1. The normalized spacial score (nSPS) is 15.3. The first-order valence-electron chi connectivity index (χ1n) is 6.94. The second-order valence-electron chi connectivity index (χ2n) is 5.16. The molecular formula is C16H17F2N3. The van der Waals surface area contributed by atoms with Crippen molar-refractivity contribution in [3.05, 3.63) is 54.1 Å². The molecule has 0 atom stereocenters. The Morgan fingerprint density at radius 1 is 0.762 bits per heavy atom. The van der Waals surface area contributed by atoms with E-state index in [4.69, 9.17) is 5.73 Å². The zero-order chi connectivity index (χ0) is 14.8. The van der Waals surface area contributed by atoms with Crippen LogP contribution in [0.2, 0.25) is 0 Å². The van der Waals surface area contributed by atoms with Crippen LogP contribution in [0.1, 0.15) is 0 Å². The average Bonchev–Trinajstić information content (AvgIpc) is 2.51. The Morgan fingerprint density at radius 2 is 1.29 bits per heavy atom. The SMILES string of the molecule is Nc1ccc(N2CCN(c3ccc(F)cc3)CC2)cc1F. The first kappa shape index (κ1) is 13.7. The molecule has 5 heteroatoms. The predicted molar refractivity (Wildman–Crippen MR) is 81.6 cm³/mol. The van der Waals surface area contributed by atoms with Crippen molar-refractivity contribution in [3.63, 3.8) is 0 Å². The Bertz CT molecular complexity index is 620. The van der Waals surface area contributed by atoms with Gasteiger partial charge in [-0.25, -0.2) is 8.78 Å². The molecule has 2 aromatic rings. The summed E-state index contributed by atoms with van der Waals surface area (Å²) in [6.45, 7) is 3.22. The predicted octanol–water partition coefficient (Wildman–Crippen LogP) is 2.87. The van der Waals surface area contributed by atoms with Gasteiger partial charge in [0.1, 0.15) is 11.6 Å². The average molecular weight is 289 g/mol. The van der Waals surface area contributed by atoms with E-state index in [9.17, 15) is 8.78 Å². The molecular weight excluding hydrogens is 272 g/mol. The topological polar surface area (TPSA) is 32.5 Å². The lowest BCUT2D eigenvalue weighted by Gasteiger charge is -2.37. The third-order valence-corrected chi connectivity index (χ3v) is 3.82. The summed E-state index contributed by atoms with van der Waals surface area (Å²) in [5.41, 5.74) is 7.53. The van der Waals surface area contributed by atoms with E-state index >= 15 is 0 Å². The van der Waals surface area contributed by atoms with Gasteiger partial charge in [-0.3, -0.25) is 0 Å². The number of hydrogen-bond acceptors (Lipinski definition) is 3. The maximum Gasteiger partial charge on any atom is 0.148 e. The van der Waals surface area contributed by atoms with Gasteiger partial charge in [-0.15, -0.1) is 0 Å². The van der Waals surface area contributed by atoms with Gasteiger partial charge in [0.2, 0.25) is 0 Å². The maximum atomic E-state index is 13.5. The first-order valence-corrected chi connectivity index (χ1v) is 6.94. The lowest BCUT2D eigenvalue weighted by atomic mass is 10.2. The van der Waals surface area contributed by atoms with Crippen molar-refractivity contribution in [2.24, 2.45) is 0 Å². The van der Waals surface area contributed by atoms with Crippen molar-refractivity contribution >= 4 is 17.1 Å². The van der Waals surface area contributed by atoms with Crippen LogP contribution in [-0.4, -0.2) is 26.2 Å². The second kappa shape index (κ2) is 5.60. The van der Waals surface area contributed by atoms with Crippen LogP contribution in [0.25, 0.3) is 0 Å². The fourth-order valence-corrected chi connectivity index (χ4v) is 2.59. The number of nitrogens with zero attached hydrogens (tertiary/aromatic N) is 2. The van der Waals surface area contributed by atoms with Gasteiger partial charge in [-0.05, 0) is 42.5 Å². The smallest absolute Gasteiger partial charge is 0.148 e. The Labute approximate surface area is 122 Å². The largest absolute Gasteiger partial charge is 0.396 e. The maximum absolute atomic E-state index is 13.5. The lowest BCUT2D eigenvalue weighted by molar-refractivity contribution is 0.621. The van der Waals surface area contributed by atoms with Crippen molar-refractivity contribution in [1.82, 2.24) is 0 Å². The van der Waals surface area contributed by atoms with E-state index in [2.05, 4.69) is 9.80 Å². The van der Waals surface area contributed by atoms with Crippen LogP contribution in [0.4, 0.5) is 25.8 Å². The number of piperazine rings is 1. The summed E-state index contributed by atoms with van der Waals surface area (Å²) >= 11 is 0. The van der Waals surface area contributed by atoms with Crippen molar-refractivity contribution in [2.45, 2.75) is 0 Å². The lowest BCUT2D eigenvalue weighted by Crippen LogP contribution is -2.46. The zero-order valence-electron chi connectivity index (χ0n) is 11.6. The third kappa shape index (κ3) is 2.91. The molecule has 2 aromatic carbocycles. The number of anilines is 3. The number of nitrogen functional groups attached to an aromatic ring is 1. The van der Waals surface area contributed by atoms with E-state index in [1.807, 2.05) is 6.07 Å². The molecule has 0 aliphatic carbocycles. The quantitative estimate of drug-likeness (QED) is 0.863. The van der Waals surface area contributed by atoms with Crippen molar-refractivity contribution in [1.29, 1.82) is 0 Å².